The minimum Gasteiger partial charge on any atom is -0.462 e. The van der Waals surface area contributed by atoms with Crippen molar-refractivity contribution >= 4 is 30.7 Å². The predicted octanol–water partition coefficient (Wildman–Crippen LogP) is 4.07. The molecule has 2 aromatic heterocycles. The van der Waals surface area contributed by atoms with Crippen molar-refractivity contribution in [2.45, 2.75) is 90.8 Å². The summed E-state index contributed by atoms with van der Waals surface area (Å²) in [7, 11) is -4.27. The summed E-state index contributed by atoms with van der Waals surface area (Å²) in [6.07, 6.45) is -3.34. The summed E-state index contributed by atoms with van der Waals surface area (Å²) in [4.78, 5) is 25.6. The van der Waals surface area contributed by atoms with Crippen LogP contribution in [0.4, 0.5) is 10.2 Å². The van der Waals surface area contributed by atoms with Crippen molar-refractivity contribution in [3.05, 3.63) is 42.5 Å². The summed E-state index contributed by atoms with van der Waals surface area (Å²) in [5.41, 5.74) is -1.60. The highest BCUT2D eigenvalue weighted by atomic mass is 31.2. The SMILES string of the molecule is Cc1nc(NC(C)C)c2ncn([C@@H]3O[C@H](COP(=O)(N[C@@H](C)C(=O)OC(C)C)Oc4ccccc4)[C@@H](O)[C@@]3(C)F)c2n1. The third-order valence-electron chi connectivity index (χ3n) is 6.36. The van der Waals surface area contributed by atoms with Gasteiger partial charge in [-0.1, -0.05) is 18.2 Å². The van der Waals surface area contributed by atoms with Crippen molar-refractivity contribution in [1.82, 2.24) is 24.6 Å². The van der Waals surface area contributed by atoms with Crippen molar-refractivity contribution in [1.29, 1.82) is 0 Å². The lowest BCUT2D eigenvalue weighted by Gasteiger charge is -2.25. The van der Waals surface area contributed by atoms with Crippen LogP contribution in [0.15, 0.2) is 36.7 Å². The number of halogens is 1. The second-order valence-electron chi connectivity index (χ2n) is 10.9. The number of hydrogen-bond acceptors (Lipinski definition) is 11. The molecule has 0 radical (unpaired) electrons. The molecular formula is C27H38FN6O7P. The number of fused-ring (bicyclic) bond motifs is 1. The molecule has 15 heteroatoms. The number of aryl methyl sites for hydroxylation is 1. The zero-order valence-electron chi connectivity index (χ0n) is 24.6. The van der Waals surface area contributed by atoms with E-state index in [9.17, 15) is 14.5 Å². The number of carbonyl (C=O) groups is 1. The Bertz CT molecular complexity index is 1440. The van der Waals surface area contributed by atoms with Crippen molar-refractivity contribution in [2.24, 2.45) is 0 Å². The molecule has 0 spiro atoms. The monoisotopic (exact) mass is 608 g/mol. The zero-order chi connectivity index (χ0) is 30.8. The highest BCUT2D eigenvalue weighted by Gasteiger charge is 2.56. The minimum atomic E-state index is -4.27. The molecule has 0 saturated carbocycles. The second-order valence-corrected chi connectivity index (χ2v) is 12.6. The van der Waals surface area contributed by atoms with E-state index in [0.29, 0.717) is 22.8 Å². The number of aliphatic hydroxyl groups excluding tert-OH is 1. The first-order valence-corrected chi connectivity index (χ1v) is 15.2. The Balaban J connectivity index is 1.57. The summed E-state index contributed by atoms with van der Waals surface area (Å²) >= 11 is 0. The molecule has 0 amide bonds. The number of aliphatic hydroxyl groups is 1. The lowest BCUT2D eigenvalue weighted by atomic mass is 9.98. The van der Waals surface area contributed by atoms with Gasteiger partial charge in [0.25, 0.3) is 0 Å². The van der Waals surface area contributed by atoms with Gasteiger partial charge in [-0.2, -0.15) is 5.09 Å². The molecule has 0 bridgehead atoms. The number of benzene rings is 1. The number of anilines is 1. The van der Waals surface area contributed by atoms with Crippen molar-refractivity contribution < 1.29 is 37.4 Å². The van der Waals surface area contributed by atoms with E-state index < -0.39 is 56.6 Å². The van der Waals surface area contributed by atoms with Crippen LogP contribution < -0.4 is 14.9 Å². The smallest absolute Gasteiger partial charge is 0.459 e. The van der Waals surface area contributed by atoms with Gasteiger partial charge in [-0.05, 0) is 60.6 Å². The van der Waals surface area contributed by atoms with E-state index in [2.05, 4.69) is 25.4 Å². The van der Waals surface area contributed by atoms with Gasteiger partial charge in [0.15, 0.2) is 28.9 Å². The van der Waals surface area contributed by atoms with Crippen LogP contribution in [0.3, 0.4) is 0 Å². The Kier molecular flexibility index (Phi) is 9.53. The lowest BCUT2D eigenvalue weighted by molar-refractivity contribution is -0.149. The second kappa shape index (κ2) is 12.6. The number of nitrogens with one attached hydrogen (secondary N) is 2. The summed E-state index contributed by atoms with van der Waals surface area (Å²) in [5.74, 6) is 0.446. The van der Waals surface area contributed by atoms with Gasteiger partial charge in [0.2, 0.25) is 0 Å². The molecule has 1 saturated heterocycles. The van der Waals surface area contributed by atoms with Crippen LogP contribution in [0.5, 0.6) is 5.75 Å². The number of esters is 1. The molecule has 3 heterocycles. The number of hydrogen-bond donors (Lipinski definition) is 3. The molecular weight excluding hydrogens is 570 g/mol. The number of alkyl halides is 1. The van der Waals surface area contributed by atoms with Crippen LogP contribution in [0.2, 0.25) is 0 Å². The fraction of sp³-hybridized carbons (Fsp3) is 0.556. The molecule has 0 aliphatic carbocycles. The Labute approximate surface area is 243 Å². The van der Waals surface area contributed by atoms with E-state index in [0.717, 1.165) is 0 Å². The van der Waals surface area contributed by atoms with Crippen LogP contribution in [-0.4, -0.2) is 73.3 Å². The van der Waals surface area contributed by atoms with E-state index in [1.807, 2.05) is 13.8 Å². The topological polar surface area (TPSA) is 159 Å². The Morgan fingerprint density at radius 1 is 1.21 bits per heavy atom. The molecule has 42 heavy (non-hydrogen) atoms. The molecule has 1 unspecified atom stereocenters. The summed E-state index contributed by atoms with van der Waals surface area (Å²) < 4.78 is 53.7. The predicted molar refractivity (Wildman–Crippen MR) is 153 cm³/mol. The third-order valence-corrected chi connectivity index (χ3v) is 8.01. The molecule has 1 aliphatic heterocycles. The highest BCUT2D eigenvalue weighted by molar-refractivity contribution is 7.52. The van der Waals surface area contributed by atoms with Gasteiger partial charge in [-0.25, -0.2) is 23.9 Å². The first-order valence-electron chi connectivity index (χ1n) is 13.7. The maximum atomic E-state index is 16.1. The Morgan fingerprint density at radius 2 is 1.90 bits per heavy atom. The third kappa shape index (κ3) is 7.07. The number of aromatic nitrogens is 4. The van der Waals surface area contributed by atoms with Crippen LogP contribution in [0, 0.1) is 6.92 Å². The average Bonchev–Trinajstić information content (AvgIpc) is 3.40. The molecule has 4 rings (SSSR count). The van der Waals surface area contributed by atoms with Crippen LogP contribution >= 0.6 is 7.75 Å². The van der Waals surface area contributed by atoms with Gasteiger partial charge in [-0.15, -0.1) is 0 Å². The van der Waals surface area contributed by atoms with Gasteiger partial charge < -0.3 is 24.4 Å². The maximum absolute atomic E-state index is 16.1. The first-order chi connectivity index (χ1) is 19.7. The number of imidazole rings is 1. The molecule has 3 aromatic rings. The van der Waals surface area contributed by atoms with Gasteiger partial charge in [0, 0.05) is 6.04 Å². The van der Waals surface area contributed by atoms with E-state index in [1.165, 1.54) is 24.7 Å². The van der Waals surface area contributed by atoms with E-state index in [1.54, 1.807) is 51.1 Å². The molecule has 1 aliphatic rings. The fourth-order valence-electron chi connectivity index (χ4n) is 4.43. The first kappa shape index (κ1) is 31.8. The van der Waals surface area contributed by atoms with Crippen LogP contribution in [0.25, 0.3) is 11.2 Å². The highest BCUT2D eigenvalue weighted by Crippen LogP contribution is 2.48. The largest absolute Gasteiger partial charge is 0.462 e. The average molecular weight is 609 g/mol. The van der Waals surface area contributed by atoms with Gasteiger partial charge >= 0.3 is 13.7 Å². The molecule has 13 nitrogen and oxygen atoms in total. The maximum Gasteiger partial charge on any atom is 0.459 e. The van der Waals surface area contributed by atoms with Crippen LogP contribution in [-0.2, 0) is 23.4 Å². The summed E-state index contributed by atoms with van der Waals surface area (Å²) in [6.45, 7) is 11.1. The summed E-state index contributed by atoms with van der Waals surface area (Å²) in [6, 6.07) is 7.17. The number of para-hydroxylation sites is 1. The summed E-state index contributed by atoms with van der Waals surface area (Å²) in [5, 5.41) is 16.7. The minimum absolute atomic E-state index is 0.0579. The molecule has 6 atom stereocenters. The number of nitrogens with zero attached hydrogens (tertiary/aromatic N) is 4. The van der Waals surface area contributed by atoms with Crippen molar-refractivity contribution in [3.63, 3.8) is 0 Å². The number of ether oxygens (including phenoxy) is 2. The lowest BCUT2D eigenvalue weighted by Crippen LogP contribution is -2.41. The standard InChI is InChI=1S/C27H38FN6O7P/c1-15(2)30-23-21-24(32-18(6)31-23)34(14-29-21)26-27(7,28)22(35)20(40-26)13-38-42(37,41-19-11-9-8-10-12-19)33-17(5)25(36)39-16(3)4/h8-12,14-17,20,22,26,35H,13H2,1-7H3,(H,33,37)(H,30,31,32)/t17-,20+,22+,26+,27+,42?/m0/s1. The normalized spacial score (nSPS) is 24.6. The van der Waals surface area contributed by atoms with Crippen molar-refractivity contribution in [3.8, 4) is 5.75 Å². The fourth-order valence-corrected chi connectivity index (χ4v) is 5.93. The van der Waals surface area contributed by atoms with E-state index >= 15 is 4.39 Å². The van der Waals surface area contributed by atoms with Crippen LogP contribution in [0.1, 0.15) is 53.6 Å². The zero-order valence-corrected chi connectivity index (χ0v) is 25.5. The molecule has 1 aromatic carbocycles. The molecule has 3 N–H and O–H groups in total. The Morgan fingerprint density at radius 3 is 2.55 bits per heavy atom. The van der Waals surface area contributed by atoms with E-state index in [-0.39, 0.29) is 11.8 Å². The quantitative estimate of drug-likeness (QED) is 0.200. The van der Waals surface area contributed by atoms with Gasteiger partial charge in [-0.3, -0.25) is 13.9 Å². The van der Waals surface area contributed by atoms with Gasteiger partial charge in [0.1, 0.15) is 29.8 Å². The van der Waals surface area contributed by atoms with Crippen molar-refractivity contribution in [2.75, 3.05) is 11.9 Å². The Hall–Kier alpha value is -3.16. The molecule has 1 fully saturated rings. The van der Waals surface area contributed by atoms with E-state index in [4.69, 9.17) is 18.5 Å². The van der Waals surface area contributed by atoms with Gasteiger partial charge in [0.05, 0.1) is 19.0 Å². The molecule has 230 valence electrons. The number of rotatable bonds is 12. The number of carbonyl (C=O) groups excluding carboxylic acids is 1.